The van der Waals surface area contributed by atoms with Gasteiger partial charge in [-0.3, -0.25) is 0 Å². The van der Waals surface area contributed by atoms with Gasteiger partial charge in [0.15, 0.2) is 0 Å². The Labute approximate surface area is 95.1 Å². The minimum atomic E-state index is -0.749. The summed E-state index contributed by atoms with van der Waals surface area (Å²) >= 11 is 0. The molecule has 1 heterocycles. The van der Waals surface area contributed by atoms with Gasteiger partial charge in [0.1, 0.15) is 5.82 Å². The van der Waals surface area contributed by atoms with Crippen LogP contribution in [0.5, 0.6) is 0 Å². The highest BCUT2D eigenvalue weighted by atomic mass is 19.1. The number of hydrogen-bond acceptors (Lipinski definition) is 2. The van der Waals surface area contributed by atoms with E-state index in [0.29, 0.717) is 12.2 Å². The molecule has 0 bridgehead atoms. The van der Waals surface area contributed by atoms with Crippen LogP contribution in [0.3, 0.4) is 0 Å². The van der Waals surface area contributed by atoms with Gasteiger partial charge >= 0.3 is 0 Å². The number of rotatable bonds is 2. The van der Waals surface area contributed by atoms with E-state index >= 15 is 0 Å². The Morgan fingerprint density at radius 2 is 2.31 bits per heavy atom. The van der Waals surface area contributed by atoms with Crippen LogP contribution in [0.4, 0.5) is 4.39 Å². The zero-order valence-electron chi connectivity index (χ0n) is 9.45. The maximum absolute atomic E-state index is 13.7. The van der Waals surface area contributed by atoms with Gasteiger partial charge in [0.2, 0.25) is 0 Å². The standard InChI is InChI=1S/C13H17FO2/c1-9-4-5-11(12(14)7-9)13(15)10-3-2-6-16-8-10/h4-5,7,10,13,15H,2-3,6,8H2,1H3. The van der Waals surface area contributed by atoms with Gasteiger partial charge in [0.05, 0.1) is 12.7 Å². The molecule has 16 heavy (non-hydrogen) atoms. The molecule has 0 saturated carbocycles. The lowest BCUT2D eigenvalue weighted by Crippen LogP contribution is -2.24. The van der Waals surface area contributed by atoms with E-state index in [0.717, 1.165) is 25.0 Å². The first-order valence-corrected chi connectivity index (χ1v) is 5.70. The average molecular weight is 224 g/mol. The van der Waals surface area contributed by atoms with Crippen LogP contribution in [-0.2, 0) is 4.74 Å². The third kappa shape index (κ3) is 2.42. The second-order valence-electron chi connectivity index (χ2n) is 4.45. The number of aliphatic hydroxyl groups is 1. The average Bonchev–Trinajstić information content (AvgIpc) is 2.29. The summed E-state index contributed by atoms with van der Waals surface area (Å²) in [5, 5.41) is 10.1. The molecule has 1 aromatic rings. The minimum absolute atomic E-state index is 0.0194. The third-order valence-corrected chi connectivity index (χ3v) is 3.12. The minimum Gasteiger partial charge on any atom is -0.388 e. The molecule has 1 aliphatic heterocycles. The maximum atomic E-state index is 13.7. The zero-order valence-corrected chi connectivity index (χ0v) is 9.45. The van der Waals surface area contributed by atoms with Crippen molar-refractivity contribution in [2.24, 2.45) is 5.92 Å². The lowest BCUT2D eigenvalue weighted by molar-refractivity contribution is -0.0112. The van der Waals surface area contributed by atoms with Crippen molar-refractivity contribution >= 4 is 0 Å². The molecule has 0 spiro atoms. The molecule has 0 amide bonds. The molecule has 88 valence electrons. The Bertz CT molecular complexity index is 359. The Balaban J connectivity index is 2.15. The molecule has 0 radical (unpaired) electrons. The highest BCUT2D eigenvalue weighted by Crippen LogP contribution is 2.30. The van der Waals surface area contributed by atoms with Gasteiger partial charge in [-0.1, -0.05) is 12.1 Å². The van der Waals surface area contributed by atoms with Crippen LogP contribution in [0.2, 0.25) is 0 Å². The number of aliphatic hydroxyl groups excluding tert-OH is 1. The molecule has 1 saturated heterocycles. The van der Waals surface area contributed by atoms with E-state index in [-0.39, 0.29) is 11.7 Å². The quantitative estimate of drug-likeness (QED) is 0.836. The SMILES string of the molecule is Cc1ccc(C(O)C2CCCOC2)c(F)c1. The predicted octanol–water partition coefficient (Wildman–Crippen LogP) is 2.59. The first-order valence-electron chi connectivity index (χ1n) is 5.70. The molecule has 2 unspecified atom stereocenters. The van der Waals surface area contributed by atoms with E-state index in [1.54, 1.807) is 6.07 Å². The summed E-state index contributed by atoms with van der Waals surface area (Å²) in [4.78, 5) is 0. The van der Waals surface area contributed by atoms with Gasteiger partial charge in [-0.2, -0.15) is 0 Å². The predicted molar refractivity (Wildman–Crippen MR) is 59.6 cm³/mol. The topological polar surface area (TPSA) is 29.5 Å². The summed E-state index contributed by atoms with van der Waals surface area (Å²) in [5.41, 5.74) is 1.26. The highest BCUT2D eigenvalue weighted by Gasteiger charge is 2.25. The second-order valence-corrected chi connectivity index (χ2v) is 4.45. The second kappa shape index (κ2) is 4.93. The number of hydrogen-bond donors (Lipinski definition) is 1. The van der Waals surface area contributed by atoms with E-state index in [1.165, 1.54) is 6.07 Å². The van der Waals surface area contributed by atoms with Crippen LogP contribution < -0.4 is 0 Å². The Morgan fingerprint density at radius 1 is 1.50 bits per heavy atom. The fourth-order valence-electron chi connectivity index (χ4n) is 2.14. The first-order chi connectivity index (χ1) is 7.68. The van der Waals surface area contributed by atoms with Gasteiger partial charge < -0.3 is 9.84 Å². The molecule has 1 N–H and O–H groups in total. The molecule has 1 aliphatic rings. The van der Waals surface area contributed by atoms with Gasteiger partial charge in [0, 0.05) is 18.1 Å². The van der Waals surface area contributed by atoms with E-state index in [9.17, 15) is 9.50 Å². The molecule has 1 aromatic carbocycles. The molecule has 2 atom stereocenters. The molecule has 0 aromatic heterocycles. The van der Waals surface area contributed by atoms with Crippen molar-refractivity contribution in [3.8, 4) is 0 Å². The van der Waals surface area contributed by atoms with Gasteiger partial charge in [0.25, 0.3) is 0 Å². The molecular formula is C13H17FO2. The number of benzene rings is 1. The summed E-state index contributed by atoms with van der Waals surface area (Å²) in [6.45, 7) is 3.11. The van der Waals surface area contributed by atoms with Crippen LogP contribution in [0, 0.1) is 18.7 Å². The van der Waals surface area contributed by atoms with Crippen molar-refractivity contribution in [2.75, 3.05) is 13.2 Å². The molecule has 1 fully saturated rings. The van der Waals surface area contributed by atoms with Crippen LogP contribution >= 0.6 is 0 Å². The summed E-state index contributed by atoms with van der Waals surface area (Å²) in [6.07, 6.45) is 1.09. The normalized spacial score (nSPS) is 23.1. The third-order valence-electron chi connectivity index (χ3n) is 3.12. The molecule has 2 nitrogen and oxygen atoms in total. The zero-order chi connectivity index (χ0) is 11.5. The highest BCUT2D eigenvalue weighted by molar-refractivity contribution is 5.25. The van der Waals surface area contributed by atoms with Crippen LogP contribution in [0.1, 0.15) is 30.1 Å². The number of ether oxygens (including phenoxy) is 1. The lowest BCUT2D eigenvalue weighted by atomic mass is 9.90. The molecule has 0 aliphatic carbocycles. The van der Waals surface area contributed by atoms with E-state index in [2.05, 4.69) is 0 Å². The Kier molecular flexibility index (Phi) is 3.56. The summed E-state index contributed by atoms with van der Waals surface area (Å²) < 4.78 is 19.0. The summed E-state index contributed by atoms with van der Waals surface area (Å²) in [7, 11) is 0. The van der Waals surface area contributed by atoms with Crippen molar-refractivity contribution in [1.82, 2.24) is 0 Å². The summed E-state index contributed by atoms with van der Waals surface area (Å²) in [5.74, 6) is -0.302. The maximum Gasteiger partial charge on any atom is 0.129 e. The number of halogens is 1. The molecular weight excluding hydrogens is 207 g/mol. The van der Waals surface area contributed by atoms with Crippen molar-refractivity contribution in [3.05, 3.63) is 35.1 Å². The first kappa shape index (κ1) is 11.6. The monoisotopic (exact) mass is 224 g/mol. The van der Waals surface area contributed by atoms with Crippen molar-refractivity contribution in [2.45, 2.75) is 25.9 Å². The smallest absolute Gasteiger partial charge is 0.129 e. The van der Waals surface area contributed by atoms with Crippen molar-refractivity contribution in [3.63, 3.8) is 0 Å². The van der Waals surface area contributed by atoms with Crippen molar-refractivity contribution in [1.29, 1.82) is 0 Å². The van der Waals surface area contributed by atoms with Crippen LogP contribution in [-0.4, -0.2) is 18.3 Å². The van der Waals surface area contributed by atoms with Gasteiger partial charge in [-0.05, 0) is 31.4 Å². The van der Waals surface area contributed by atoms with E-state index in [4.69, 9.17) is 4.74 Å². The molecule has 2 rings (SSSR count). The Morgan fingerprint density at radius 3 is 2.94 bits per heavy atom. The fraction of sp³-hybridized carbons (Fsp3) is 0.538. The van der Waals surface area contributed by atoms with Crippen LogP contribution in [0.25, 0.3) is 0 Å². The summed E-state index contributed by atoms with van der Waals surface area (Å²) in [6, 6.07) is 4.96. The largest absolute Gasteiger partial charge is 0.388 e. The fourth-order valence-corrected chi connectivity index (χ4v) is 2.14. The lowest BCUT2D eigenvalue weighted by Gasteiger charge is -2.27. The van der Waals surface area contributed by atoms with Gasteiger partial charge in [-0.25, -0.2) is 4.39 Å². The Hall–Kier alpha value is -0.930. The van der Waals surface area contributed by atoms with Gasteiger partial charge in [-0.15, -0.1) is 0 Å². The van der Waals surface area contributed by atoms with Crippen LogP contribution in [0.15, 0.2) is 18.2 Å². The van der Waals surface area contributed by atoms with E-state index < -0.39 is 6.10 Å². The number of aryl methyl sites for hydroxylation is 1. The van der Waals surface area contributed by atoms with E-state index in [1.807, 2.05) is 13.0 Å². The molecule has 3 heteroatoms. The van der Waals surface area contributed by atoms with Crippen molar-refractivity contribution < 1.29 is 14.2 Å².